The molecule has 1 atom stereocenters. The molecular weight excluding hydrogens is 238 g/mol. The van der Waals surface area contributed by atoms with Crippen molar-refractivity contribution in [1.82, 2.24) is 4.90 Å². The minimum atomic E-state index is -0.668. The third kappa shape index (κ3) is 3.80. The van der Waals surface area contributed by atoms with Gasteiger partial charge in [-0.1, -0.05) is 18.2 Å². The lowest BCUT2D eigenvalue weighted by Gasteiger charge is -2.32. The normalized spacial score (nSPS) is 20.4. The van der Waals surface area contributed by atoms with E-state index in [1.54, 1.807) is 0 Å². The van der Waals surface area contributed by atoms with Crippen LogP contribution in [0.2, 0.25) is 0 Å². The maximum atomic E-state index is 10.8. The molecule has 1 aliphatic heterocycles. The van der Waals surface area contributed by atoms with Crippen LogP contribution in [0.4, 0.5) is 0 Å². The van der Waals surface area contributed by atoms with Crippen molar-refractivity contribution in [2.75, 3.05) is 13.1 Å². The molecule has 1 aromatic rings. The van der Waals surface area contributed by atoms with Crippen LogP contribution in [-0.4, -0.2) is 29.1 Å². The summed E-state index contributed by atoms with van der Waals surface area (Å²) in [4.78, 5) is 13.2. The van der Waals surface area contributed by atoms with Crippen LogP contribution in [0.15, 0.2) is 18.2 Å². The van der Waals surface area contributed by atoms with Crippen molar-refractivity contribution in [3.8, 4) is 0 Å². The first kappa shape index (κ1) is 14.1. The molecule has 0 radical (unpaired) electrons. The van der Waals surface area contributed by atoms with Crippen LogP contribution in [0.25, 0.3) is 0 Å². The molecule has 1 unspecified atom stereocenters. The van der Waals surface area contributed by atoms with E-state index in [0.717, 1.165) is 32.5 Å². The van der Waals surface area contributed by atoms with Crippen molar-refractivity contribution in [3.63, 3.8) is 0 Å². The summed E-state index contributed by atoms with van der Waals surface area (Å²) in [6.07, 6.45) is 2.47. The van der Waals surface area contributed by atoms with Crippen LogP contribution in [0.5, 0.6) is 0 Å². The van der Waals surface area contributed by atoms with Gasteiger partial charge >= 0.3 is 5.97 Å². The predicted molar refractivity (Wildman–Crippen MR) is 76.2 cm³/mol. The number of nitrogens with zero attached hydrogens (tertiary/aromatic N) is 1. The van der Waals surface area contributed by atoms with Gasteiger partial charge < -0.3 is 5.11 Å². The molecule has 2 rings (SSSR count). The van der Waals surface area contributed by atoms with E-state index in [0.29, 0.717) is 12.3 Å². The van der Waals surface area contributed by atoms with Gasteiger partial charge in [-0.05, 0) is 55.8 Å². The zero-order chi connectivity index (χ0) is 13.8. The van der Waals surface area contributed by atoms with Gasteiger partial charge in [-0.25, -0.2) is 0 Å². The van der Waals surface area contributed by atoms with E-state index in [2.05, 4.69) is 36.9 Å². The smallest absolute Gasteiger partial charge is 0.303 e. The molecule has 1 aromatic carbocycles. The number of aliphatic carboxylic acids is 1. The van der Waals surface area contributed by atoms with Gasteiger partial charge in [0.05, 0.1) is 0 Å². The summed E-state index contributed by atoms with van der Waals surface area (Å²) in [5, 5.41) is 8.91. The van der Waals surface area contributed by atoms with Gasteiger partial charge in [0.2, 0.25) is 0 Å². The predicted octanol–water partition coefficient (Wildman–Crippen LogP) is 2.99. The quantitative estimate of drug-likeness (QED) is 0.905. The van der Waals surface area contributed by atoms with E-state index >= 15 is 0 Å². The first-order valence-corrected chi connectivity index (χ1v) is 7.05. The summed E-state index contributed by atoms with van der Waals surface area (Å²) in [5.41, 5.74) is 4.07. The highest BCUT2D eigenvalue weighted by molar-refractivity contribution is 5.67. The fourth-order valence-corrected chi connectivity index (χ4v) is 3.03. The molecule has 1 fully saturated rings. The van der Waals surface area contributed by atoms with E-state index in [-0.39, 0.29) is 0 Å². The van der Waals surface area contributed by atoms with Gasteiger partial charge in [0.25, 0.3) is 0 Å². The van der Waals surface area contributed by atoms with Crippen molar-refractivity contribution in [2.24, 2.45) is 5.92 Å². The minimum Gasteiger partial charge on any atom is -0.481 e. The molecule has 0 aromatic heterocycles. The Morgan fingerprint density at radius 3 is 2.68 bits per heavy atom. The van der Waals surface area contributed by atoms with E-state index in [1.807, 2.05) is 0 Å². The lowest BCUT2D eigenvalue weighted by molar-refractivity contribution is -0.138. The number of carboxylic acids is 1. The molecule has 0 saturated carbocycles. The van der Waals surface area contributed by atoms with E-state index in [1.165, 1.54) is 16.7 Å². The van der Waals surface area contributed by atoms with Crippen LogP contribution in [-0.2, 0) is 11.3 Å². The van der Waals surface area contributed by atoms with Crippen LogP contribution in [0, 0.1) is 19.8 Å². The van der Waals surface area contributed by atoms with Gasteiger partial charge in [-0.3, -0.25) is 9.69 Å². The van der Waals surface area contributed by atoms with Gasteiger partial charge in [-0.2, -0.15) is 0 Å². The van der Waals surface area contributed by atoms with Crippen molar-refractivity contribution in [2.45, 2.75) is 39.7 Å². The number of hydrogen-bond donors (Lipinski definition) is 1. The second-order valence-corrected chi connectivity index (χ2v) is 5.71. The van der Waals surface area contributed by atoms with Crippen LogP contribution >= 0.6 is 0 Å². The van der Waals surface area contributed by atoms with Crippen LogP contribution in [0.1, 0.15) is 36.0 Å². The van der Waals surface area contributed by atoms with Crippen LogP contribution < -0.4 is 0 Å². The van der Waals surface area contributed by atoms with Crippen LogP contribution in [0.3, 0.4) is 0 Å². The first-order chi connectivity index (χ1) is 9.06. The fourth-order valence-electron chi connectivity index (χ4n) is 3.03. The Labute approximate surface area is 115 Å². The molecule has 19 heavy (non-hydrogen) atoms. The van der Waals surface area contributed by atoms with E-state index in [4.69, 9.17) is 5.11 Å². The lowest BCUT2D eigenvalue weighted by Crippen LogP contribution is -2.36. The topological polar surface area (TPSA) is 40.5 Å². The third-order valence-corrected chi connectivity index (χ3v) is 4.09. The Morgan fingerprint density at radius 2 is 2.05 bits per heavy atom. The zero-order valence-corrected chi connectivity index (χ0v) is 11.9. The van der Waals surface area contributed by atoms with Gasteiger partial charge in [0, 0.05) is 19.5 Å². The highest BCUT2D eigenvalue weighted by atomic mass is 16.4. The Hall–Kier alpha value is -1.35. The molecule has 1 N–H and O–H groups in total. The molecule has 0 amide bonds. The number of rotatable bonds is 4. The summed E-state index contributed by atoms with van der Waals surface area (Å²) in [7, 11) is 0. The maximum Gasteiger partial charge on any atom is 0.303 e. The molecular formula is C16H23NO2. The second-order valence-electron chi connectivity index (χ2n) is 5.71. The molecule has 0 aliphatic carbocycles. The largest absolute Gasteiger partial charge is 0.481 e. The number of aryl methyl sites for hydroxylation is 2. The number of carbonyl (C=O) groups is 1. The van der Waals surface area contributed by atoms with E-state index in [9.17, 15) is 4.79 Å². The number of hydrogen-bond acceptors (Lipinski definition) is 2. The number of likely N-dealkylation sites (tertiary alicyclic amines) is 1. The molecule has 3 heteroatoms. The minimum absolute atomic E-state index is 0.309. The monoisotopic (exact) mass is 261 g/mol. The summed E-state index contributed by atoms with van der Waals surface area (Å²) in [5.74, 6) is -0.352. The van der Waals surface area contributed by atoms with Crippen molar-refractivity contribution in [1.29, 1.82) is 0 Å². The molecule has 104 valence electrons. The Morgan fingerprint density at radius 1 is 1.37 bits per heavy atom. The summed E-state index contributed by atoms with van der Waals surface area (Å²) < 4.78 is 0. The summed E-state index contributed by atoms with van der Waals surface area (Å²) in [6.45, 7) is 7.26. The summed E-state index contributed by atoms with van der Waals surface area (Å²) in [6, 6.07) is 6.40. The van der Waals surface area contributed by atoms with Crippen molar-refractivity contribution >= 4 is 5.97 Å². The third-order valence-electron chi connectivity index (χ3n) is 4.09. The number of carboxylic acid groups (broad SMARTS) is 1. The number of piperidine rings is 1. The lowest BCUT2D eigenvalue weighted by atomic mass is 9.93. The molecule has 1 heterocycles. The van der Waals surface area contributed by atoms with Crippen molar-refractivity contribution < 1.29 is 9.90 Å². The molecule has 0 bridgehead atoms. The fraction of sp³-hybridized carbons (Fsp3) is 0.562. The van der Waals surface area contributed by atoms with Gasteiger partial charge in [0.15, 0.2) is 0 Å². The Kier molecular flexibility index (Phi) is 4.59. The SMILES string of the molecule is Cc1cccc(C)c1CN1CCCC(CC(=O)O)C1. The zero-order valence-electron chi connectivity index (χ0n) is 11.9. The highest BCUT2D eigenvalue weighted by Crippen LogP contribution is 2.23. The second kappa shape index (κ2) is 6.20. The average Bonchev–Trinajstić information content (AvgIpc) is 2.34. The first-order valence-electron chi connectivity index (χ1n) is 7.05. The molecule has 3 nitrogen and oxygen atoms in total. The molecule has 1 aliphatic rings. The Bertz CT molecular complexity index is 436. The average molecular weight is 261 g/mol. The number of benzene rings is 1. The maximum absolute atomic E-state index is 10.8. The van der Waals surface area contributed by atoms with Gasteiger partial charge in [0.1, 0.15) is 0 Å². The molecule has 1 saturated heterocycles. The Balaban J connectivity index is 2.01. The van der Waals surface area contributed by atoms with E-state index < -0.39 is 5.97 Å². The van der Waals surface area contributed by atoms with Crippen molar-refractivity contribution in [3.05, 3.63) is 34.9 Å². The summed E-state index contributed by atoms with van der Waals surface area (Å²) >= 11 is 0. The standard InChI is InChI=1S/C16H23NO2/c1-12-5-3-6-13(2)15(12)11-17-8-4-7-14(10-17)9-16(18)19/h3,5-6,14H,4,7-11H2,1-2H3,(H,18,19). The molecule has 0 spiro atoms. The highest BCUT2D eigenvalue weighted by Gasteiger charge is 2.22. The van der Waals surface area contributed by atoms with Gasteiger partial charge in [-0.15, -0.1) is 0 Å².